The highest BCUT2D eigenvalue weighted by atomic mass is 32.1. The number of ketones is 1. The number of hydrogen-bond donors (Lipinski definition) is 3. The fourth-order valence-electron chi connectivity index (χ4n) is 4.27. The highest BCUT2D eigenvalue weighted by molar-refractivity contribution is 7.19. The molecular formula is C25H23N7O4S. The average Bonchev–Trinajstić information content (AvgIpc) is 3.28. The molecule has 0 spiro atoms. The van der Waals surface area contributed by atoms with E-state index in [1.165, 1.54) is 24.5 Å². The molecular weight excluding hydrogens is 494 g/mol. The first-order chi connectivity index (χ1) is 17.9. The van der Waals surface area contributed by atoms with E-state index >= 15 is 0 Å². The zero-order chi connectivity index (χ0) is 26.1. The minimum atomic E-state index is -0.709. The van der Waals surface area contributed by atoms with E-state index in [-0.39, 0.29) is 17.3 Å². The number of nitriles is 1. The molecule has 37 heavy (non-hydrogen) atoms. The number of thiazole rings is 1. The van der Waals surface area contributed by atoms with E-state index in [2.05, 4.69) is 37.0 Å². The molecule has 0 radical (unpaired) electrons. The molecule has 3 N–H and O–H groups in total. The average molecular weight is 518 g/mol. The van der Waals surface area contributed by atoms with Crippen molar-refractivity contribution in [1.29, 1.82) is 5.26 Å². The number of carbonyl (C=O) groups is 1. The molecule has 1 atom stereocenters. The van der Waals surface area contributed by atoms with Gasteiger partial charge in [-0.05, 0) is 26.0 Å². The molecule has 0 saturated carbocycles. The molecule has 11 nitrogen and oxygen atoms in total. The predicted octanol–water partition coefficient (Wildman–Crippen LogP) is 3.54. The maximum absolute atomic E-state index is 12.8. The van der Waals surface area contributed by atoms with Gasteiger partial charge in [-0.25, -0.2) is 19.7 Å². The number of morpholine rings is 1. The number of anilines is 3. The first-order valence-electron chi connectivity index (χ1n) is 11.5. The predicted molar refractivity (Wildman–Crippen MR) is 139 cm³/mol. The van der Waals surface area contributed by atoms with Crippen molar-refractivity contribution < 1.29 is 13.9 Å². The molecule has 188 valence electrons. The van der Waals surface area contributed by atoms with Crippen molar-refractivity contribution in [2.75, 3.05) is 37.4 Å². The van der Waals surface area contributed by atoms with Gasteiger partial charge in [0.05, 0.1) is 35.0 Å². The maximum atomic E-state index is 12.8. The Labute approximate surface area is 215 Å². The number of benzene rings is 1. The van der Waals surface area contributed by atoms with Gasteiger partial charge in [0.2, 0.25) is 5.95 Å². The molecule has 1 aliphatic heterocycles. The summed E-state index contributed by atoms with van der Waals surface area (Å²) in [6.07, 6.45) is 1.00. The smallest absolute Gasteiger partial charge is 0.347 e. The molecule has 1 aromatic carbocycles. The minimum absolute atomic E-state index is 0.00263. The van der Waals surface area contributed by atoms with Crippen LogP contribution in [-0.4, -0.2) is 47.5 Å². The third-order valence-corrected chi connectivity index (χ3v) is 7.12. The number of hydrogen-bond acceptors (Lipinski definition) is 12. The number of carbonyl (C=O) groups excluding carboxylic acids is 1. The number of nitrogens with zero attached hydrogens (tertiary/aromatic N) is 4. The largest absolute Gasteiger partial charge is 0.422 e. The second-order valence-electron chi connectivity index (χ2n) is 8.39. The van der Waals surface area contributed by atoms with Crippen LogP contribution in [0.4, 0.5) is 16.8 Å². The second-order valence-corrected chi connectivity index (χ2v) is 9.38. The van der Waals surface area contributed by atoms with Gasteiger partial charge in [0.15, 0.2) is 10.9 Å². The van der Waals surface area contributed by atoms with E-state index in [4.69, 9.17) is 9.15 Å². The van der Waals surface area contributed by atoms with Crippen LogP contribution < -0.4 is 21.6 Å². The van der Waals surface area contributed by atoms with Crippen molar-refractivity contribution in [3.8, 4) is 16.6 Å². The van der Waals surface area contributed by atoms with E-state index in [9.17, 15) is 14.9 Å². The van der Waals surface area contributed by atoms with Crippen LogP contribution in [0.5, 0.6) is 0 Å². The van der Waals surface area contributed by atoms with Gasteiger partial charge in [0.1, 0.15) is 22.9 Å². The molecule has 5 rings (SSSR count). The fourth-order valence-corrected chi connectivity index (χ4v) is 5.19. The Bertz CT molecular complexity index is 1620. The first kappa shape index (κ1) is 24.5. The summed E-state index contributed by atoms with van der Waals surface area (Å²) in [5.41, 5.74) is 2.22. The molecule has 1 unspecified atom stereocenters. The van der Waals surface area contributed by atoms with Crippen LogP contribution in [0.1, 0.15) is 40.2 Å². The van der Waals surface area contributed by atoms with Gasteiger partial charge in [-0.2, -0.15) is 5.26 Å². The number of aromatic nitrogens is 3. The summed E-state index contributed by atoms with van der Waals surface area (Å²) in [5.74, 6) is -0.116. The summed E-state index contributed by atoms with van der Waals surface area (Å²) in [6, 6.07) is 7.34. The van der Waals surface area contributed by atoms with Gasteiger partial charge >= 0.3 is 5.63 Å². The molecule has 4 heterocycles. The van der Waals surface area contributed by atoms with Crippen molar-refractivity contribution >= 4 is 44.9 Å². The van der Waals surface area contributed by atoms with Crippen molar-refractivity contribution in [1.82, 2.24) is 20.3 Å². The molecule has 0 bridgehead atoms. The Kier molecular flexibility index (Phi) is 6.66. The zero-order valence-corrected chi connectivity index (χ0v) is 21.2. The quantitative estimate of drug-likeness (QED) is 0.254. The lowest BCUT2D eigenvalue weighted by atomic mass is 9.96. The van der Waals surface area contributed by atoms with Gasteiger partial charge in [0, 0.05) is 42.8 Å². The van der Waals surface area contributed by atoms with Crippen LogP contribution in [-0.2, 0) is 4.74 Å². The van der Waals surface area contributed by atoms with Gasteiger partial charge < -0.3 is 25.1 Å². The van der Waals surface area contributed by atoms with Crippen LogP contribution in [0.3, 0.4) is 0 Å². The first-order valence-corrected chi connectivity index (χ1v) is 12.3. The van der Waals surface area contributed by atoms with E-state index < -0.39 is 11.7 Å². The van der Waals surface area contributed by atoms with Crippen molar-refractivity contribution in [2.24, 2.45) is 0 Å². The number of fused-ring (bicyclic) bond motifs is 1. The lowest BCUT2D eigenvalue weighted by molar-refractivity contribution is 0.0277. The Hall–Kier alpha value is -4.18. The molecule has 0 aliphatic carbocycles. The lowest BCUT2D eigenvalue weighted by Crippen LogP contribution is -2.35. The van der Waals surface area contributed by atoms with E-state index in [0.717, 1.165) is 10.6 Å². The molecule has 0 amide bonds. The van der Waals surface area contributed by atoms with Gasteiger partial charge in [-0.1, -0.05) is 11.3 Å². The summed E-state index contributed by atoms with van der Waals surface area (Å²) in [5, 5.41) is 20.3. The topological polar surface area (TPSA) is 155 Å². The summed E-state index contributed by atoms with van der Waals surface area (Å²) < 4.78 is 11.4. The van der Waals surface area contributed by atoms with Crippen LogP contribution in [0.25, 0.3) is 21.5 Å². The summed E-state index contributed by atoms with van der Waals surface area (Å²) in [6.45, 7) is 4.84. The minimum Gasteiger partial charge on any atom is -0.422 e. The van der Waals surface area contributed by atoms with Crippen LogP contribution in [0.15, 0.2) is 33.6 Å². The SMILES string of the molecule is CNc1nc(C)c(-c2nc(Nc3ccc4c(C5CNCCO5)c(C(C)=O)c(=O)oc4c3)ncc2C#N)s1. The second kappa shape index (κ2) is 10.1. The van der Waals surface area contributed by atoms with Crippen LogP contribution in [0.2, 0.25) is 0 Å². The number of aryl methyl sites for hydroxylation is 1. The normalized spacial score (nSPS) is 15.4. The van der Waals surface area contributed by atoms with E-state index in [1.807, 2.05) is 6.92 Å². The van der Waals surface area contributed by atoms with E-state index in [0.29, 0.717) is 58.3 Å². The third kappa shape index (κ3) is 4.67. The lowest BCUT2D eigenvalue weighted by Gasteiger charge is -2.26. The Morgan fingerprint density at radius 1 is 1.32 bits per heavy atom. The molecule has 1 fully saturated rings. The summed E-state index contributed by atoms with van der Waals surface area (Å²) in [7, 11) is 1.78. The van der Waals surface area contributed by atoms with Gasteiger partial charge in [0.25, 0.3) is 0 Å². The summed E-state index contributed by atoms with van der Waals surface area (Å²) >= 11 is 1.39. The monoisotopic (exact) mass is 517 g/mol. The van der Waals surface area contributed by atoms with Crippen molar-refractivity contribution in [3.63, 3.8) is 0 Å². The number of ether oxygens (including phenoxy) is 1. The number of rotatable bonds is 6. The molecule has 1 aliphatic rings. The van der Waals surface area contributed by atoms with Gasteiger partial charge in [-0.3, -0.25) is 4.79 Å². The van der Waals surface area contributed by atoms with Crippen molar-refractivity contribution in [2.45, 2.75) is 20.0 Å². The standard InChI is InChI=1S/C25H23N7O4S/c1-12-22(37-25(27-3)30-12)21-14(9-26)10-29-24(32-21)31-15-4-5-16-17(8-15)36-23(34)19(13(2)33)20(16)18-11-28-6-7-35-18/h4-5,8,10,18,28H,6-7,11H2,1-3H3,(H,27,30)(H,29,31,32). The molecule has 1 saturated heterocycles. The van der Waals surface area contributed by atoms with Crippen LogP contribution in [0, 0.1) is 18.3 Å². The summed E-state index contributed by atoms with van der Waals surface area (Å²) in [4.78, 5) is 39.2. The van der Waals surface area contributed by atoms with Crippen LogP contribution >= 0.6 is 11.3 Å². The number of Topliss-reactive ketones (excluding diaryl/α,β-unsaturated/α-hetero) is 1. The Morgan fingerprint density at radius 2 is 2.16 bits per heavy atom. The fraction of sp³-hybridized carbons (Fsp3) is 0.280. The highest BCUT2D eigenvalue weighted by Crippen LogP contribution is 2.35. The Morgan fingerprint density at radius 3 is 2.84 bits per heavy atom. The molecule has 3 aromatic heterocycles. The van der Waals surface area contributed by atoms with E-state index in [1.54, 1.807) is 25.2 Å². The molecule has 12 heteroatoms. The number of nitrogens with one attached hydrogen (secondary N) is 3. The van der Waals surface area contributed by atoms with Crippen molar-refractivity contribution in [3.05, 3.63) is 57.2 Å². The highest BCUT2D eigenvalue weighted by Gasteiger charge is 2.27. The van der Waals surface area contributed by atoms with Gasteiger partial charge in [-0.15, -0.1) is 0 Å². The third-order valence-electron chi connectivity index (χ3n) is 5.94. The Balaban J connectivity index is 1.55. The molecule has 4 aromatic rings. The zero-order valence-electron chi connectivity index (χ0n) is 20.3. The maximum Gasteiger partial charge on any atom is 0.347 e.